The standard InChI is InChI=1S/C30H47BN4O5/c1-27(2,3)21-13-19(25(36)23(15-21)29(7,8)9)17-32-34-39-31(38)40-35-33-18-20-14-22(28(4,5)6)16-24(26(20)37)30(10,11)12/h13-16,36-38H,17-18H2,1-12H3. The van der Waals surface area contributed by atoms with Crippen LogP contribution in [0.2, 0.25) is 0 Å². The van der Waals surface area contributed by atoms with E-state index in [1.807, 2.05) is 65.8 Å². The highest BCUT2D eigenvalue weighted by atomic mass is 16.8. The molecule has 0 radical (unpaired) electrons. The summed E-state index contributed by atoms with van der Waals surface area (Å²) in [5.41, 5.74) is 4.22. The maximum absolute atomic E-state index is 10.8. The van der Waals surface area contributed by atoms with E-state index in [1.165, 1.54) is 0 Å². The predicted molar refractivity (Wildman–Crippen MR) is 158 cm³/mol. The first-order chi connectivity index (χ1) is 18.1. The van der Waals surface area contributed by atoms with Crippen LogP contribution in [-0.4, -0.2) is 22.6 Å². The highest BCUT2D eigenvalue weighted by Gasteiger charge is 2.27. The summed E-state index contributed by atoms with van der Waals surface area (Å²) in [4.78, 5) is 0. The lowest BCUT2D eigenvalue weighted by atomic mass is 9.79. The van der Waals surface area contributed by atoms with Crippen molar-refractivity contribution in [3.8, 4) is 11.5 Å². The Morgan fingerprint density at radius 3 is 1.18 bits per heavy atom. The molecule has 0 aliphatic heterocycles. The number of phenolic OH excluding ortho intramolecular Hbond substituents is 2. The zero-order chi connectivity index (χ0) is 30.7. The van der Waals surface area contributed by atoms with Crippen LogP contribution in [0.25, 0.3) is 0 Å². The zero-order valence-electron chi connectivity index (χ0n) is 26.2. The van der Waals surface area contributed by atoms with Gasteiger partial charge in [0.05, 0.1) is 13.1 Å². The van der Waals surface area contributed by atoms with Crippen LogP contribution in [0, 0.1) is 0 Å². The average Bonchev–Trinajstić information content (AvgIpc) is 2.78. The van der Waals surface area contributed by atoms with Gasteiger partial charge in [0, 0.05) is 21.7 Å². The normalized spacial score (nSPS) is 13.3. The van der Waals surface area contributed by atoms with Gasteiger partial charge in [0.15, 0.2) is 0 Å². The molecule has 9 nitrogen and oxygen atoms in total. The number of aromatic hydroxyl groups is 2. The third-order valence-electron chi connectivity index (χ3n) is 6.60. The summed E-state index contributed by atoms with van der Waals surface area (Å²) < 4.78 is 9.62. The topological polar surface area (TPSA) is 129 Å². The van der Waals surface area contributed by atoms with Gasteiger partial charge in [-0.3, -0.25) is 0 Å². The van der Waals surface area contributed by atoms with E-state index in [-0.39, 0.29) is 46.2 Å². The van der Waals surface area contributed by atoms with Gasteiger partial charge in [-0.2, -0.15) is 10.2 Å². The van der Waals surface area contributed by atoms with Crippen molar-refractivity contribution in [3.05, 3.63) is 57.6 Å². The SMILES string of the molecule is CC(C)(C)c1cc(CN=NOB(O)ON=NCc2cc(C(C)(C)C)cc(C(C)(C)C)c2O)c(O)c(C(C)(C)C)c1. The average molecular weight is 555 g/mol. The molecule has 0 heterocycles. The van der Waals surface area contributed by atoms with Gasteiger partial charge in [0.25, 0.3) is 0 Å². The predicted octanol–water partition coefficient (Wildman–Crippen LogP) is 7.73. The molecule has 0 bridgehead atoms. The number of benzene rings is 2. The first kappa shape index (κ1) is 33.1. The Bertz CT molecular complexity index is 1140. The molecular weight excluding hydrogens is 507 g/mol. The van der Waals surface area contributed by atoms with E-state index < -0.39 is 7.32 Å². The first-order valence-electron chi connectivity index (χ1n) is 13.6. The first-order valence-corrected chi connectivity index (χ1v) is 13.6. The number of hydrogen-bond donors (Lipinski definition) is 3. The minimum absolute atomic E-state index is 0.0482. The molecule has 0 aromatic heterocycles. The van der Waals surface area contributed by atoms with Crippen LogP contribution in [0.1, 0.15) is 116 Å². The Labute approximate surface area is 239 Å². The lowest BCUT2D eigenvalue weighted by Crippen LogP contribution is -2.17. The molecule has 0 aliphatic rings. The van der Waals surface area contributed by atoms with Crippen LogP contribution in [0.3, 0.4) is 0 Å². The Morgan fingerprint density at radius 1 is 0.575 bits per heavy atom. The summed E-state index contributed by atoms with van der Waals surface area (Å²) in [6.07, 6.45) is 0. The van der Waals surface area contributed by atoms with E-state index in [4.69, 9.17) is 9.51 Å². The van der Waals surface area contributed by atoms with Crippen LogP contribution < -0.4 is 0 Å². The van der Waals surface area contributed by atoms with Crippen molar-refractivity contribution in [1.82, 2.24) is 0 Å². The molecule has 0 aliphatic carbocycles. The van der Waals surface area contributed by atoms with Crippen LogP contribution in [0.4, 0.5) is 0 Å². The van der Waals surface area contributed by atoms with Crippen LogP contribution in [-0.2, 0) is 44.3 Å². The summed E-state index contributed by atoms with van der Waals surface area (Å²) in [5.74, 6) is 0.330. The monoisotopic (exact) mass is 554 g/mol. The second-order valence-corrected chi connectivity index (χ2v) is 14.3. The lowest BCUT2D eigenvalue weighted by molar-refractivity contribution is 0.120. The highest BCUT2D eigenvalue weighted by Crippen LogP contribution is 2.39. The van der Waals surface area contributed by atoms with Gasteiger partial charge in [0.2, 0.25) is 0 Å². The van der Waals surface area contributed by atoms with Crippen molar-refractivity contribution in [1.29, 1.82) is 0 Å². The van der Waals surface area contributed by atoms with Gasteiger partial charge in [-0.1, -0.05) is 95.2 Å². The molecule has 220 valence electrons. The summed E-state index contributed by atoms with van der Waals surface area (Å²) in [6.45, 7) is 25.0. The maximum Gasteiger partial charge on any atom is 0.831 e. The van der Waals surface area contributed by atoms with E-state index in [1.54, 1.807) is 0 Å². The molecule has 2 aromatic carbocycles. The molecule has 0 fully saturated rings. The van der Waals surface area contributed by atoms with Gasteiger partial charge in [0.1, 0.15) is 11.5 Å². The van der Waals surface area contributed by atoms with E-state index in [9.17, 15) is 15.2 Å². The fraction of sp³-hybridized carbons (Fsp3) is 0.600. The number of hydrogen-bond acceptors (Lipinski definition) is 9. The van der Waals surface area contributed by atoms with Gasteiger partial charge in [-0.25, -0.2) is 0 Å². The Hall–Kier alpha value is -3.14. The van der Waals surface area contributed by atoms with E-state index in [0.717, 1.165) is 22.3 Å². The molecule has 40 heavy (non-hydrogen) atoms. The van der Waals surface area contributed by atoms with Crippen LogP contribution in [0.5, 0.6) is 11.5 Å². The molecule has 2 aromatic rings. The van der Waals surface area contributed by atoms with Crippen molar-refractivity contribution in [2.75, 3.05) is 0 Å². The molecule has 0 saturated carbocycles. The third-order valence-corrected chi connectivity index (χ3v) is 6.60. The molecule has 3 N–H and O–H groups in total. The zero-order valence-corrected chi connectivity index (χ0v) is 26.2. The third kappa shape index (κ3) is 8.94. The summed E-state index contributed by atoms with van der Waals surface area (Å²) in [7, 11) is -1.83. The Morgan fingerprint density at radius 2 is 0.900 bits per heavy atom. The highest BCUT2D eigenvalue weighted by molar-refractivity contribution is 6.34. The number of phenols is 2. The summed E-state index contributed by atoms with van der Waals surface area (Å²) >= 11 is 0. The molecule has 10 heteroatoms. The van der Waals surface area contributed by atoms with E-state index >= 15 is 0 Å². The van der Waals surface area contributed by atoms with Gasteiger partial charge in [-0.05, 0) is 56.0 Å². The van der Waals surface area contributed by atoms with Crippen molar-refractivity contribution in [2.24, 2.45) is 20.8 Å². The van der Waals surface area contributed by atoms with E-state index in [0.29, 0.717) is 11.1 Å². The number of rotatable bonds is 8. The summed E-state index contributed by atoms with van der Waals surface area (Å²) in [5, 5.41) is 46.5. The van der Waals surface area contributed by atoms with Crippen molar-refractivity contribution >= 4 is 7.32 Å². The van der Waals surface area contributed by atoms with Crippen molar-refractivity contribution in [3.63, 3.8) is 0 Å². The molecular formula is C30H47BN4O5. The van der Waals surface area contributed by atoms with E-state index in [2.05, 4.69) is 62.3 Å². The molecule has 0 amide bonds. The molecule has 0 atom stereocenters. The van der Waals surface area contributed by atoms with Crippen molar-refractivity contribution < 1.29 is 24.7 Å². The van der Waals surface area contributed by atoms with Crippen LogP contribution >= 0.6 is 0 Å². The smallest absolute Gasteiger partial charge is 0.507 e. The number of nitrogens with zero attached hydrogens (tertiary/aromatic N) is 4. The largest absolute Gasteiger partial charge is 0.831 e. The van der Waals surface area contributed by atoms with Gasteiger partial charge >= 0.3 is 7.32 Å². The summed E-state index contributed by atoms with van der Waals surface area (Å²) in [6, 6.07) is 7.86. The second-order valence-electron chi connectivity index (χ2n) is 14.3. The van der Waals surface area contributed by atoms with Gasteiger partial charge < -0.3 is 24.7 Å². The van der Waals surface area contributed by atoms with Crippen molar-refractivity contribution in [2.45, 2.75) is 118 Å². The molecule has 0 unspecified atom stereocenters. The minimum Gasteiger partial charge on any atom is -0.507 e. The lowest BCUT2D eigenvalue weighted by Gasteiger charge is -2.27. The molecule has 2 rings (SSSR count). The fourth-order valence-corrected chi connectivity index (χ4v) is 4.02. The molecule has 0 saturated heterocycles. The molecule has 0 spiro atoms. The van der Waals surface area contributed by atoms with Gasteiger partial charge in [-0.15, -0.1) is 0 Å². The minimum atomic E-state index is -1.83. The van der Waals surface area contributed by atoms with Crippen LogP contribution in [0.15, 0.2) is 45.0 Å². The maximum atomic E-state index is 10.8. The fourth-order valence-electron chi connectivity index (χ4n) is 4.02. The Balaban J connectivity index is 2.06. The Kier molecular flexibility index (Phi) is 10.1. The quantitative estimate of drug-likeness (QED) is 0.175. The second kappa shape index (κ2) is 12.2.